The van der Waals surface area contributed by atoms with E-state index in [-0.39, 0.29) is 31.3 Å². The summed E-state index contributed by atoms with van der Waals surface area (Å²) in [6.07, 6.45) is 0.576. The molecule has 11 heteroatoms. The largest absolute Gasteiger partial charge is 0.495 e. The number of carboxylic acids is 1. The van der Waals surface area contributed by atoms with Gasteiger partial charge in [0, 0.05) is 31.7 Å². The fourth-order valence-electron chi connectivity index (χ4n) is 3.40. The van der Waals surface area contributed by atoms with Crippen molar-refractivity contribution in [3.8, 4) is 5.75 Å². The van der Waals surface area contributed by atoms with Crippen molar-refractivity contribution in [3.05, 3.63) is 53.6 Å². The molecule has 0 saturated carbocycles. The summed E-state index contributed by atoms with van der Waals surface area (Å²) in [6, 6.07) is 12.0. The van der Waals surface area contributed by atoms with Gasteiger partial charge < -0.3 is 36.4 Å². The number of amides is 5. The zero-order chi connectivity index (χ0) is 28.1. The molecule has 38 heavy (non-hydrogen) atoms. The number of benzene rings is 2. The van der Waals surface area contributed by atoms with Gasteiger partial charge in [-0.15, -0.1) is 0 Å². The van der Waals surface area contributed by atoms with Gasteiger partial charge >= 0.3 is 18.0 Å². The van der Waals surface area contributed by atoms with Crippen LogP contribution in [0.25, 0.3) is 0 Å². The second-order valence-electron chi connectivity index (χ2n) is 9.62. The van der Waals surface area contributed by atoms with Crippen LogP contribution in [0.4, 0.5) is 21.0 Å². The fourth-order valence-corrected chi connectivity index (χ4v) is 3.40. The number of aryl methyl sites for hydroxylation is 2. The zero-order valence-corrected chi connectivity index (χ0v) is 22.3. The Morgan fingerprint density at radius 2 is 1.55 bits per heavy atom. The number of carboxylic acid groups (broad SMARTS) is 1. The molecule has 0 aliphatic rings. The van der Waals surface area contributed by atoms with E-state index in [1.54, 1.807) is 12.1 Å². The maximum absolute atomic E-state index is 12.4. The van der Waals surface area contributed by atoms with Gasteiger partial charge in [-0.05, 0) is 48.1 Å². The number of ether oxygens (including phenoxy) is 1. The summed E-state index contributed by atoms with van der Waals surface area (Å²) in [5, 5.41) is 22.2. The number of carbonyl (C=O) groups is 4. The van der Waals surface area contributed by atoms with Crippen molar-refractivity contribution in [2.75, 3.05) is 37.4 Å². The number of hydrogen-bond donors (Lipinski definition) is 6. The van der Waals surface area contributed by atoms with Crippen molar-refractivity contribution in [3.63, 3.8) is 0 Å². The molecular weight excluding hydrogens is 490 g/mol. The molecule has 0 heterocycles. The molecule has 11 nitrogen and oxygen atoms in total. The third-order valence-electron chi connectivity index (χ3n) is 5.66. The van der Waals surface area contributed by atoms with Gasteiger partial charge in [0.2, 0.25) is 5.91 Å². The first kappa shape index (κ1) is 29.9. The lowest BCUT2D eigenvalue weighted by molar-refractivity contribution is -0.136. The average Bonchev–Trinajstić information content (AvgIpc) is 2.87. The number of hydrogen-bond acceptors (Lipinski definition) is 5. The van der Waals surface area contributed by atoms with Gasteiger partial charge in [-0.1, -0.05) is 38.1 Å². The van der Waals surface area contributed by atoms with Gasteiger partial charge in [-0.2, -0.15) is 0 Å². The van der Waals surface area contributed by atoms with Gasteiger partial charge in [0.1, 0.15) is 5.75 Å². The lowest BCUT2D eigenvalue weighted by Gasteiger charge is -2.25. The van der Waals surface area contributed by atoms with Crippen molar-refractivity contribution in [2.24, 2.45) is 5.41 Å². The average molecular weight is 528 g/mol. The fraction of sp³-hybridized carbons (Fsp3) is 0.407. The molecular formula is C27H37N5O6. The maximum atomic E-state index is 12.4. The molecule has 0 atom stereocenters. The molecule has 2 rings (SSSR count). The van der Waals surface area contributed by atoms with Crippen LogP contribution in [0.15, 0.2) is 42.5 Å². The molecule has 0 aliphatic heterocycles. The van der Waals surface area contributed by atoms with Crippen molar-refractivity contribution in [1.29, 1.82) is 0 Å². The lowest BCUT2D eigenvalue weighted by Crippen LogP contribution is -2.45. The van der Waals surface area contributed by atoms with Crippen molar-refractivity contribution in [1.82, 2.24) is 16.0 Å². The molecule has 6 N–H and O–H groups in total. The Morgan fingerprint density at radius 3 is 2.24 bits per heavy atom. The van der Waals surface area contributed by atoms with Crippen LogP contribution in [-0.2, 0) is 16.0 Å². The van der Waals surface area contributed by atoms with E-state index in [0.717, 1.165) is 11.1 Å². The predicted molar refractivity (Wildman–Crippen MR) is 146 cm³/mol. The number of anilines is 2. The Kier molecular flexibility index (Phi) is 11.4. The Hall–Kier alpha value is -4.28. The molecule has 0 radical (unpaired) electrons. The molecule has 0 spiro atoms. The highest BCUT2D eigenvalue weighted by molar-refractivity contribution is 6.01. The number of rotatable bonds is 13. The van der Waals surface area contributed by atoms with E-state index in [9.17, 15) is 19.2 Å². The van der Waals surface area contributed by atoms with Crippen LogP contribution in [0.5, 0.6) is 5.75 Å². The Balaban J connectivity index is 1.79. The van der Waals surface area contributed by atoms with Crippen LogP contribution >= 0.6 is 0 Å². The molecule has 5 amide bonds. The molecule has 0 aromatic heterocycles. The predicted octanol–water partition coefficient (Wildman–Crippen LogP) is 3.50. The smallest absolute Gasteiger partial charge is 0.323 e. The van der Waals surface area contributed by atoms with Gasteiger partial charge in [-0.3, -0.25) is 9.59 Å². The van der Waals surface area contributed by atoms with Crippen molar-refractivity contribution < 1.29 is 29.0 Å². The summed E-state index contributed by atoms with van der Waals surface area (Å²) >= 11 is 0. The summed E-state index contributed by atoms with van der Waals surface area (Å²) in [7, 11) is 1.51. The molecule has 0 aliphatic carbocycles. The van der Waals surface area contributed by atoms with E-state index < -0.39 is 17.4 Å². The number of nitrogens with one attached hydrogen (secondary N) is 5. The SMILES string of the molecule is COc1cc(CCC(=O)NCC(C)(C)CNC(=O)NCCC(=O)O)ccc1NC(=O)Nc1ccccc1C. The van der Waals surface area contributed by atoms with Crippen LogP contribution in [-0.4, -0.2) is 55.8 Å². The molecule has 2 aromatic carbocycles. The molecule has 0 fully saturated rings. The number of para-hydroxylation sites is 1. The normalized spacial score (nSPS) is 10.7. The minimum atomic E-state index is -0.985. The van der Waals surface area contributed by atoms with Gasteiger partial charge in [0.05, 0.1) is 19.2 Å². The van der Waals surface area contributed by atoms with Crippen molar-refractivity contribution >= 4 is 35.3 Å². The van der Waals surface area contributed by atoms with Crippen LogP contribution < -0.4 is 31.3 Å². The highest BCUT2D eigenvalue weighted by Crippen LogP contribution is 2.26. The maximum Gasteiger partial charge on any atom is 0.323 e. The van der Waals surface area contributed by atoms with E-state index in [1.165, 1.54) is 7.11 Å². The minimum absolute atomic E-state index is 0.0424. The van der Waals surface area contributed by atoms with E-state index >= 15 is 0 Å². The molecule has 206 valence electrons. The molecule has 0 unspecified atom stereocenters. The van der Waals surface area contributed by atoms with E-state index in [2.05, 4.69) is 26.6 Å². The second kappa shape index (κ2) is 14.5. The van der Waals surface area contributed by atoms with E-state index in [4.69, 9.17) is 9.84 Å². The Labute approximate surface area is 222 Å². The standard InChI is InChI=1S/C27H37N5O6/c1-18-7-5-6-8-20(18)31-26(37)32-21-11-9-19(15-22(21)38-4)10-12-23(33)29-16-27(2,3)17-30-25(36)28-14-13-24(34)35/h5-9,11,15H,10,12-14,16-17H2,1-4H3,(H,29,33)(H,34,35)(H2,28,30,36)(H2,31,32,37). The van der Waals surface area contributed by atoms with Gasteiger partial charge in [-0.25, -0.2) is 9.59 Å². The van der Waals surface area contributed by atoms with Gasteiger partial charge in [0.15, 0.2) is 0 Å². The number of carbonyl (C=O) groups excluding carboxylic acids is 3. The third-order valence-corrected chi connectivity index (χ3v) is 5.66. The summed E-state index contributed by atoms with van der Waals surface area (Å²) in [5.41, 5.74) is 2.63. The van der Waals surface area contributed by atoms with E-state index in [1.807, 2.05) is 51.1 Å². The van der Waals surface area contributed by atoms with Crippen molar-refractivity contribution in [2.45, 2.75) is 40.0 Å². The minimum Gasteiger partial charge on any atom is -0.495 e. The van der Waals surface area contributed by atoms with Crippen LogP contribution in [0.2, 0.25) is 0 Å². The highest BCUT2D eigenvalue weighted by atomic mass is 16.5. The monoisotopic (exact) mass is 527 g/mol. The highest BCUT2D eigenvalue weighted by Gasteiger charge is 2.20. The lowest BCUT2D eigenvalue weighted by atomic mass is 9.93. The third kappa shape index (κ3) is 10.8. The first-order chi connectivity index (χ1) is 18.0. The first-order valence-electron chi connectivity index (χ1n) is 12.3. The summed E-state index contributed by atoms with van der Waals surface area (Å²) < 4.78 is 5.43. The summed E-state index contributed by atoms with van der Waals surface area (Å²) in [5.74, 6) is -0.639. The zero-order valence-electron chi connectivity index (χ0n) is 22.3. The second-order valence-corrected chi connectivity index (χ2v) is 9.62. The van der Waals surface area contributed by atoms with Crippen LogP contribution in [0.3, 0.4) is 0 Å². The number of urea groups is 2. The topological polar surface area (TPSA) is 158 Å². The summed E-state index contributed by atoms with van der Waals surface area (Å²) in [6.45, 7) is 6.40. The molecule has 0 bridgehead atoms. The first-order valence-corrected chi connectivity index (χ1v) is 12.3. The molecule has 2 aromatic rings. The Bertz CT molecular complexity index is 1130. The van der Waals surface area contributed by atoms with Gasteiger partial charge in [0.25, 0.3) is 0 Å². The number of aliphatic carboxylic acids is 1. The van der Waals surface area contributed by atoms with Crippen LogP contribution in [0, 0.1) is 12.3 Å². The quantitative estimate of drug-likeness (QED) is 0.234. The van der Waals surface area contributed by atoms with E-state index in [0.29, 0.717) is 36.6 Å². The summed E-state index contributed by atoms with van der Waals surface area (Å²) in [4.78, 5) is 47.1. The molecule has 0 saturated heterocycles. The number of methoxy groups -OCH3 is 1. The Morgan fingerprint density at radius 1 is 0.868 bits per heavy atom. The van der Waals surface area contributed by atoms with Crippen LogP contribution in [0.1, 0.15) is 37.8 Å².